The molecule has 1 saturated carbocycles. The van der Waals surface area contributed by atoms with Crippen molar-refractivity contribution in [2.75, 3.05) is 4.90 Å². The Labute approximate surface area is 183 Å². The Kier molecular flexibility index (Phi) is 6.35. The SMILES string of the molecule is O=C(NC1CCCC1)[C@H](c1ccccn1)N(C(=O)c1csnn1)c1ccccc1Cl. The molecule has 9 heteroatoms. The molecule has 1 aliphatic carbocycles. The molecule has 1 fully saturated rings. The second-order valence-electron chi connectivity index (χ2n) is 7.06. The maximum Gasteiger partial charge on any atom is 0.280 e. The van der Waals surface area contributed by atoms with Gasteiger partial charge < -0.3 is 5.32 Å². The van der Waals surface area contributed by atoms with Gasteiger partial charge in [0, 0.05) is 17.6 Å². The van der Waals surface area contributed by atoms with Crippen LogP contribution in [0.15, 0.2) is 54.0 Å². The number of anilines is 1. The van der Waals surface area contributed by atoms with Crippen LogP contribution in [0, 0.1) is 0 Å². The largest absolute Gasteiger partial charge is 0.351 e. The number of hydrogen-bond donors (Lipinski definition) is 1. The predicted octanol–water partition coefficient (Wildman–Crippen LogP) is 4.03. The first-order valence-corrected chi connectivity index (χ1v) is 10.9. The Balaban J connectivity index is 1.80. The molecule has 3 aromatic rings. The van der Waals surface area contributed by atoms with Crippen LogP contribution in [-0.2, 0) is 4.79 Å². The van der Waals surface area contributed by atoms with Gasteiger partial charge in [0.2, 0.25) is 5.91 Å². The zero-order valence-corrected chi connectivity index (χ0v) is 17.6. The maximum absolute atomic E-state index is 13.5. The molecule has 2 amide bonds. The normalized spacial score (nSPS) is 15.0. The van der Waals surface area contributed by atoms with Crippen LogP contribution in [0.25, 0.3) is 0 Å². The van der Waals surface area contributed by atoms with Crippen molar-refractivity contribution in [3.63, 3.8) is 0 Å². The minimum absolute atomic E-state index is 0.0906. The summed E-state index contributed by atoms with van der Waals surface area (Å²) in [4.78, 5) is 32.7. The first-order valence-electron chi connectivity index (χ1n) is 9.71. The van der Waals surface area contributed by atoms with Crippen LogP contribution >= 0.6 is 23.1 Å². The molecule has 0 saturated heterocycles. The Morgan fingerprint density at radius 2 is 1.90 bits per heavy atom. The van der Waals surface area contributed by atoms with Crippen LogP contribution < -0.4 is 10.2 Å². The van der Waals surface area contributed by atoms with E-state index in [1.807, 2.05) is 0 Å². The number of nitrogens with one attached hydrogen (secondary N) is 1. The van der Waals surface area contributed by atoms with E-state index in [0.717, 1.165) is 37.2 Å². The first-order chi connectivity index (χ1) is 14.6. The van der Waals surface area contributed by atoms with Crippen LogP contribution in [0.1, 0.15) is 47.9 Å². The Bertz CT molecular complexity index is 1010. The molecule has 0 unspecified atom stereocenters. The van der Waals surface area contributed by atoms with E-state index in [4.69, 9.17) is 11.6 Å². The fourth-order valence-electron chi connectivity index (χ4n) is 3.67. The van der Waals surface area contributed by atoms with Gasteiger partial charge in [-0.25, -0.2) is 0 Å². The molecular weight excluding hydrogens is 422 g/mol. The van der Waals surface area contributed by atoms with Crippen molar-refractivity contribution >= 4 is 40.6 Å². The van der Waals surface area contributed by atoms with Crippen molar-refractivity contribution in [2.45, 2.75) is 37.8 Å². The molecule has 0 bridgehead atoms. The Morgan fingerprint density at radius 3 is 2.57 bits per heavy atom. The van der Waals surface area contributed by atoms with Crippen molar-refractivity contribution in [1.82, 2.24) is 19.9 Å². The number of halogens is 1. The Hall–Kier alpha value is -2.84. The quantitative estimate of drug-likeness (QED) is 0.623. The molecule has 2 aromatic heterocycles. The molecular formula is C21H20ClN5O2S. The third-order valence-electron chi connectivity index (χ3n) is 5.09. The fourth-order valence-corrected chi connectivity index (χ4v) is 4.32. The smallest absolute Gasteiger partial charge is 0.280 e. The van der Waals surface area contributed by atoms with E-state index >= 15 is 0 Å². The molecule has 0 spiro atoms. The molecule has 1 atom stereocenters. The lowest BCUT2D eigenvalue weighted by Crippen LogP contribution is -2.47. The van der Waals surface area contributed by atoms with E-state index in [2.05, 4.69) is 19.9 Å². The molecule has 30 heavy (non-hydrogen) atoms. The molecule has 0 radical (unpaired) electrons. The van der Waals surface area contributed by atoms with Crippen LogP contribution in [0.3, 0.4) is 0 Å². The van der Waals surface area contributed by atoms with E-state index in [9.17, 15) is 9.59 Å². The van der Waals surface area contributed by atoms with Crippen molar-refractivity contribution in [2.24, 2.45) is 0 Å². The number of carbonyl (C=O) groups excluding carboxylic acids is 2. The number of benzene rings is 1. The average Bonchev–Trinajstić information content (AvgIpc) is 3.47. The van der Waals surface area contributed by atoms with E-state index < -0.39 is 11.9 Å². The summed E-state index contributed by atoms with van der Waals surface area (Å²) in [6.45, 7) is 0. The number of carbonyl (C=O) groups is 2. The van der Waals surface area contributed by atoms with E-state index in [1.165, 1.54) is 4.90 Å². The van der Waals surface area contributed by atoms with Gasteiger partial charge in [-0.1, -0.05) is 47.1 Å². The van der Waals surface area contributed by atoms with E-state index in [0.29, 0.717) is 16.4 Å². The van der Waals surface area contributed by atoms with Crippen LogP contribution in [0.5, 0.6) is 0 Å². The third kappa shape index (κ3) is 4.34. The van der Waals surface area contributed by atoms with Gasteiger partial charge in [0.05, 0.1) is 16.4 Å². The van der Waals surface area contributed by atoms with Gasteiger partial charge in [0.25, 0.3) is 5.91 Å². The first kappa shape index (κ1) is 20.4. The number of amides is 2. The molecule has 154 valence electrons. The number of para-hydroxylation sites is 1. The average molecular weight is 442 g/mol. The summed E-state index contributed by atoms with van der Waals surface area (Å²) in [7, 11) is 0. The van der Waals surface area contributed by atoms with Gasteiger partial charge >= 0.3 is 0 Å². The molecule has 4 rings (SSSR count). The minimum Gasteiger partial charge on any atom is -0.351 e. The lowest BCUT2D eigenvalue weighted by Gasteiger charge is -2.31. The van der Waals surface area contributed by atoms with Gasteiger partial charge in [-0.2, -0.15) is 0 Å². The standard InChI is InChI=1S/C21H20ClN5O2S/c22-15-9-3-4-11-18(15)27(21(29)17-13-30-26-25-17)19(16-10-5-6-12-23-16)20(28)24-14-7-1-2-8-14/h3-6,9-14,19H,1-2,7-8H2,(H,24,28)/t19-/m0/s1. The maximum atomic E-state index is 13.5. The zero-order chi connectivity index (χ0) is 20.9. The van der Waals surface area contributed by atoms with Crippen molar-refractivity contribution in [1.29, 1.82) is 0 Å². The fraction of sp³-hybridized carbons (Fsp3) is 0.286. The van der Waals surface area contributed by atoms with Crippen molar-refractivity contribution < 1.29 is 9.59 Å². The van der Waals surface area contributed by atoms with Gasteiger partial charge in [-0.05, 0) is 48.6 Å². The summed E-state index contributed by atoms with van der Waals surface area (Å²) >= 11 is 7.52. The topological polar surface area (TPSA) is 88.1 Å². The van der Waals surface area contributed by atoms with Crippen LogP contribution in [-0.4, -0.2) is 32.4 Å². The summed E-state index contributed by atoms with van der Waals surface area (Å²) in [6.07, 6.45) is 5.62. The molecule has 1 N–H and O–H groups in total. The summed E-state index contributed by atoms with van der Waals surface area (Å²) in [6, 6.07) is 11.3. The molecule has 1 aromatic carbocycles. The van der Waals surface area contributed by atoms with Crippen LogP contribution in [0.2, 0.25) is 5.02 Å². The highest BCUT2D eigenvalue weighted by Crippen LogP contribution is 2.34. The van der Waals surface area contributed by atoms with Crippen molar-refractivity contribution in [3.05, 3.63) is 70.5 Å². The molecule has 0 aliphatic heterocycles. The second-order valence-corrected chi connectivity index (χ2v) is 8.08. The number of aromatic nitrogens is 3. The van der Waals surface area contributed by atoms with Crippen LogP contribution in [0.4, 0.5) is 5.69 Å². The summed E-state index contributed by atoms with van der Waals surface area (Å²) < 4.78 is 3.80. The third-order valence-corrected chi connectivity index (χ3v) is 5.91. The highest BCUT2D eigenvalue weighted by atomic mass is 35.5. The number of rotatable bonds is 6. The Morgan fingerprint density at radius 1 is 1.13 bits per heavy atom. The molecule has 2 heterocycles. The monoisotopic (exact) mass is 441 g/mol. The van der Waals surface area contributed by atoms with E-state index in [-0.39, 0.29) is 17.6 Å². The van der Waals surface area contributed by atoms with Gasteiger partial charge in [-0.3, -0.25) is 19.5 Å². The number of hydrogen-bond acceptors (Lipinski definition) is 6. The number of pyridine rings is 1. The lowest BCUT2D eigenvalue weighted by molar-refractivity contribution is -0.123. The second kappa shape index (κ2) is 9.32. The highest BCUT2D eigenvalue weighted by Gasteiger charge is 2.37. The molecule has 7 nitrogen and oxygen atoms in total. The van der Waals surface area contributed by atoms with Gasteiger partial charge in [0.1, 0.15) is 0 Å². The minimum atomic E-state index is -0.999. The van der Waals surface area contributed by atoms with Gasteiger partial charge in [-0.15, -0.1) is 5.10 Å². The van der Waals surface area contributed by atoms with Crippen molar-refractivity contribution in [3.8, 4) is 0 Å². The predicted molar refractivity (Wildman–Crippen MR) is 116 cm³/mol. The lowest BCUT2D eigenvalue weighted by atomic mass is 10.1. The summed E-state index contributed by atoms with van der Waals surface area (Å²) in [5, 5.41) is 8.91. The summed E-state index contributed by atoms with van der Waals surface area (Å²) in [5.74, 6) is -0.758. The number of nitrogens with zero attached hydrogens (tertiary/aromatic N) is 4. The molecule has 1 aliphatic rings. The van der Waals surface area contributed by atoms with E-state index in [1.54, 1.807) is 54.0 Å². The highest BCUT2D eigenvalue weighted by molar-refractivity contribution is 7.03. The van der Waals surface area contributed by atoms with Gasteiger partial charge in [0.15, 0.2) is 11.7 Å². The zero-order valence-electron chi connectivity index (χ0n) is 16.1. The summed E-state index contributed by atoms with van der Waals surface area (Å²) in [5.41, 5.74) is 1.01.